The van der Waals surface area contributed by atoms with Crippen LogP contribution in [-0.2, 0) is 20.2 Å². The first kappa shape index (κ1) is 31.5. The van der Waals surface area contributed by atoms with Gasteiger partial charge in [0.1, 0.15) is 11.4 Å². The van der Waals surface area contributed by atoms with E-state index in [0.717, 1.165) is 24.3 Å². The predicted molar refractivity (Wildman–Crippen MR) is 147 cm³/mol. The topological polar surface area (TPSA) is 253 Å². The first-order chi connectivity index (χ1) is 20.6. The van der Waals surface area contributed by atoms with E-state index in [1.807, 2.05) is 0 Å². The Morgan fingerprint density at radius 3 is 2.02 bits per heavy atom. The molecule has 0 saturated carbocycles. The number of azo groups is 1. The highest BCUT2D eigenvalue weighted by Gasteiger charge is 2.20. The summed E-state index contributed by atoms with van der Waals surface area (Å²) in [6.45, 7) is 0. The van der Waals surface area contributed by atoms with Crippen molar-refractivity contribution in [3.8, 4) is 5.75 Å². The summed E-state index contributed by atoms with van der Waals surface area (Å²) in [4.78, 5) is 16.7. The summed E-state index contributed by atoms with van der Waals surface area (Å²) in [5.74, 6) is -5.95. The van der Waals surface area contributed by atoms with Crippen LogP contribution in [0.15, 0.2) is 91.9 Å². The largest absolute Gasteiger partial charge is 0.504 e. The lowest BCUT2D eigenvalue weighted by Gasteiger charge is -2.13. The summed E-state index contributed by atoms with van der Waals surface area (Å²) in [7, 11) is -9.68. The van der Waals surface area contributed by atoms with Gasteiger partial charge in [-0.05, 0) is 30.3 Å². The summed E-state index contributed by atoms with van der Waals surface area (Å²) in [5.41, 5.74) is 0.484. The molecule has 0 saturated heterocycles. The molecule has 20 heteroatoms. The molecule has 0 fully saturated rings. The lowest BCUT2D eigenvalue weighted by molar-refractivity contribution is 0.0697. The number of halogens is 2. The van der Waals surface area contributed by atoms with Gasteiger partial charge in [-0.25, -0.2) is 4.79 Å². The van der Waals surface area contributed by atoms with Crippen molar-refractivity contribution in [1.82, 2.24) is 9.97 Å². The molecule has 1 heterocycles. The number of hydrogen-bond acceptors (Lipinski definition) is 12. The van der Waals surface area contributed by atoms with Crippen molar-refractivity contribution >= 4 is 55.1 Å². The SMILES string of the molecule is O=C(O)c1ccc(S(=O)(=O)O)cc1N=N/C(=N/Nc1cc(S(=O)(=O)O)cc(Nc2nc(F)cc(F)n2)c1O)c1ccccc1. The maximum absolute atomic E-state index is 13.5. The fraction of sp³-hybridized carbons (Fsp3) is 0. The quantitative estimate of drug-likeness (QED) is 0.0286. The summed E-state index contributed by atoms with van der Waals surface area (Å²) in [5, 5.41) is 34.0. The van der Waals surface area contributed by atoms with Gasteiger partial charge >= 0.3 is 5.97 Å². The zero-order valence-electron chi connectivity index (χ0n) is 21.5. The van der Waals surface area contributed by atoms with E-state index in [1.54, 1.807) is 18.2 Å². The van der Waals surface area contributed by atoms with Gasteiger partial charge in [0.25, 0.3) is 20.2 Å². The normalized spacial score (nSPS) is 12.3. The smallest absolute Gasteiger partial charge is 0.337 e. The average Bonchev–Trinajstić information content (AvgIpc) is 2.93. The van der Waals surface area contributed by atoms with E-state index in [0.29, 0.717) is 12.1 Å². The van der Waals surface area contributed by atoms with Crippen molar-refractivity contribution < 1.29 is 49.7 Å². The molecule has 3 aromatic carbocycles. The van der Waals surface area contributed by atoms with E-state index in [-0.39, 0.29) is 11.4 Å². The van der Waals surface area contributed by atoms with Crippen LogP contribution in [0.3, 0.4) is 0 Å². The molecule has 16 nitrogen and oxygen atoms in total. The number of carbonyl (C=O) groups is 1. The second kappa shape index (κ2) is 12.4. The van der Waals surface area contributed by atoms with E-state index in [1.165, 1.54) is 12.1 Å². The molecule has 0 radical (unpaired) electrons. The Hall–Kier alpha value is -5.44. The molecule has 44 heavy (non-hydrogen) atoms. The molecule has 0 amide bonds. The molecule has 0 bridgehead atoms. The second-order valence-electron chi connectivity index (χ2n) is 8.38. The third-order valence-corrected chi connectivity index (χ3v) is 7.04. The van der Waals surface area contributed by atoms with Crippen LogP contribution in [0.4, 0.5) is 31.8 Å². The third-order valence-electron chi connectivity index (χ3n) is 5.36. The number of benzene rings is 3. The lowest BCUT2D eigenvalue weighted by atomic mass is 10.2. The van der Waals surface area contributed by atoms with Gasteiger partial charge in [-0.1, -0.05) is 30.3 Å². The lowest BCUT2D eigenvalue weighted by Crippen LogP contribution is -2.06. The van der Waals surface area contributed by atoms with Crippen LogP contribution in [-0.4, -0.2) is 57.9 Å². The number of amidine groups is 1. The highest BCUT2D eigenvalue weighted by Crippen LogP contribution is 2.37. The second-order valence-corrected chi connectivity index (χ2v) is 11.2. The standard InChI is InChI=1S/C24H17F2N7O9S2/c25-19-11-20(26)29-24(28-19)27-17-9-14(44(40,41)42)10-18(21(17)34)31-33-22(12-4-2-1-3-5-12)32-30-16-8-13(43(37,38)39)6-7-15(16)23(35)36/h1-11,31,34H,(H,35,36)(H,27,28,29)(H,37,38,39)(H,40,41,42)/b32-30?,33-22+. The van der Waals surface area contributed by atoms with Gasteiger partial charge in [-0.2, -0.15) is 40.7 Å². The summed E-state index contributed by atoms with van der Waals surface area (Å²) in [6, 6.07) is 12.0. The molecule has 0 aliphatic heterocycles. The van der Waals surface area contributed by atoms with E-state index >= 15 is 0 Å². The number of hydrogen-bond donors (Lipinski definition) is 6. The first-order valence-corrected chi connectivity index (χ1v) is 14.5. The fourth-order valence-corrected chi connectivity index (χ4v) is 4.42. The molecule has 4 aromatic rings. The van der Waals surface area contributed by atoms with Crippen molar-refractivity contribution in [2.75, 3.05) is 10.7 Å². The number of nitrogens with zero attached hydrogens (tertiary/aromatic N) is 5. The minimum atomic E-state index is -4.93. The summed E-state index contributed by atoms with van der Waals surface area (Å²) < 4.78 is 93.0. The van der Waals surface area contributed by atoms with Crippen molar-refractivity contribution in [2.24, 2.45) is 15.3 Å². The van der Waals surface area contributed by atoms with Crippen LogP contribution < -0.4 is 10.7 Å². The van der Waals surface area contributed by atoms with E-state index in [9.17, 15) is 49.7 Å². The monoisotopic (exact) mass is 649 g/mol. The molecule has 0 aliphatic rings. The minimum Gasteiger partial charge on any atom is -0.504 e. The Morgan fingerprint density at radius 2 is 1.43 bits per heavy atom. The van der Waals surface area contributed by atoms with Crippen LogP contribution >= 0.6 is 0 Å². The summed E-state index contributed by atoms with van der Waals surface area (Å²) >= 11 is 0. The Labute approximate surface area is 246 Å². The van der Waals surface area contributed by atoms with Crippen LogP contribution in [0.25, 0.3) is 0 Å². The number of phenols is 1. The van der Waals surface area contributed by atoms with Gasteiger partial charge in [0.2, 0.25) is 23.7 Å². The van der Waals surface area contributed by atoms with Crippen molar-refractivity contribution in [3.63, 3.8) is 0 Å². The highest BCUT2D eigenvalue weighted by molar-refractivity contribution is 7.86. The molecule has 228 valence electrons. The number of anilines is 3. The van der Waals surface area contributed by atoms with Crippen LogP contribution in [0.2, 0.25) is 0 Å². The number of nitrogens with one attached hydrogen (secondary N) is 2. The number of carboxylic acid groups (broad SMARTS) is 1. The number of aromatic hydroxyl groups is 1. The molecule has 4 rings (SSSR count). The van der Waals surface area contributed by atoms with Gasteiger partial charge < -0.3 is 15.5 Å². The van der Waals surface area contributed by atoms with Gasteiger partial charge in [-0.3, -0.25) is 14.5 Å². The van der Waals surface area contributed by atoms with Gasteiger partial charge in [-0.15, -0.1) is 10.2 Å². The van der Waals surface area contributed by atoms with Crippen molar-refractivity contribution in [2.45, 2.75) is 9.79 Å². The molecular weight excluding hydrogens is 632 g/mol. The average molecular weight is 650 g/mol. The fourth-order valence-electron chi connectivity index (χ4n) is 3.39. The Balaban J connectivity index is 1.81. The number of aromatic carboxylic acids is 1. The van der Waals surface area contributed by atoms with Gasteiger partial charge in [0, 0.05) is 11.6 Å². The first-order valence-electron chi connectivity index (χ1n) is 11.6. The van der Waals surface area contributed by atoms with Crippen molar-refractivity contribution in [1.29, 1.82) is 0 Å². The molecule has 1 aromatic heterocycles. The van der Waals surface area contributed by atoms with Gasteiger partial charge in [0.15, 0.2) is 5.75 Å². The number of aromatic nitrogens is 2. The number of phenolic OH excluding ortho intramolecular Hbond substituents is 1. The van der Waals surface area contributed by atoms with E-state index in [2.05, 4.69) is 36.0 Å². The van der Waals surface area contributed by atoms with Crippen LogP contribution in [0, 0.1) is 11.9 Å². The Kier molecular flexibility index (Phi) is 8.90. The number of carboxylic acids is 1. The van der Waals surface area contributed by atoms with E-state index in [4.69, 9.17) is 0 Å². The molecule has 0 unspecified atom stereocenters. The Bertz CT molecular complexity index is 2020. The third kappa shape index (κ3) is 7.69. The zero-order valence-corrected chi connectivity index (χ0v) is 23.1. The van der Waals surface area contributed by atoms with Gasteiger partial charge in [0.05, 0.1) is 21.0 Å². The molecule has 6 N–H and O–H groups in total. The molecule has 0 atom stereocenters. The highest BCUT2D eigenvalue weighted by atomic mass is 32.2. The molecule has 0 aliphatic carbocycles. The number of rotatable bonds is 9. The summed E-state index contributed by atoms with van der Waals surface area (Å²) in [6.07, 6.45) is 0. The maximum Gasteiger partial charge on any atom is 0.337 e. The van der Waals surface area contributed by atoms with Crippen molar-refractivity contribution in [3.05, 3.63) is 89.8 Å². The Morgan fingerprint density at radius 1 is 0.818 bits per heavy atom. The maximum atomic E-state index is 13.5. The molecular formula is C24H17F2N7O9S2. The van der Waals surface area contributed by atoms with Crippen LogP contribution in [0.1, 0.15) is 15.9 Å². The van der Waals surface area contributed by atoms with Crippen LogP contribution in [0.5, 0.6) is 5.75 Å². The predicted octanol–water partition coefficient (Wildman–Crippen LogP) is 3.95. The van der Waals surface area contributed by atoms with E-state index < -0.39 is 82.2 Å². The molecule has 0 spiro atoms. The minimum absolute atomic E-state index is 0.221. The number of hydrazone groups is 1. The zero-order chi connectivity index (χ0) is 32.2.